The van der Waals surface area contributed by atoms with E-state index < -0.39 is 0 Å². The highest BCUT2D eigenvalue weighted by Gasteiger charge is 2.29. The minimum absolute atomic E-state index is 0.0131. The lowest BCUT2D eigenvalue weighted by atomic mass is 10.0. The predicted octanol–water partition coefficient (Wildman–Crippen LogP) is 2.02. The van der Waals surface area contributed by atoms with Gasteiger partial charge in [-0.25, -0.2) is 0 Å². The number of anilines is 1. The van der Waals surface area contributed by atoms with Gasteiger partial charge in [-0.05, 0) is 35.7 Å². The zero-order valence-electron chi connectivity index (χ0n) is 11.2. The first-order chi connectivity index (χ1) is 9.70. The van der Waals surface area contributed by atoms with Crippen molar-refractivity contribution >= 4 is 22.4 Å². The Morgan fingerprint density at radius 3 is 2.70 bits per heavy atom. The van der Waals surface area contributed by atoms with E-state index in [2.05, 4.69) is 0 Å². The van der Waals surface area contributed by atoms with Crippen LogP contribution in [0, 0.1) is 0 Å². The molecule has 1 aliphatic heterocycles. The lowest BCUT2D eigenvalue weighted by molar-refractivity contribution is 0.0679. The highest BCUT2D eigenvalue weighted by molar-refractivity contribution is 6.04. The Labute approximate surface area is 117 Å². The van der Waals surface area contributed by atoms with Crippen LogP contribution < -0.4 is 5.73 Å². The number of hydrogen-bond donors (Lipinski definition) is 2. The smallest absolute Gasteiger partial charge is 0.256 e. The van der Waals surface area contributed by atoms with Crippen LogP contribution >= 0.6 is 0 Å². The van der Waals surface area contributed by atoms with Crippen LogP contribution in [0.25, 0.3) is 10.8 Å². The van der Waals surface area contributed by atoms with Crippen LogP contribution in [0.5, 0.6) is 0 Å². The molecule has 0 saturated carbocycles. The van der Waals surface area contributed by atoms with Gasteiger partial charge >= 0.3 is 0 Å². The molecule has 1 heterocycles. The number of aliphatic hydroxyl groups is 1. The maximum Gasteiger partial charge on any atom is 0.256 e. The Morgan fingerprint density at radius 2 is 2.00 bits per heavy atom. The molecule has 3 rings (SSSR count). The van der Waals surface area contributed by atoms with Gasteiger partial charge in [-0.1, -0.05) is 24.3 Å². The number of carbonyl (C=O) groups is 1. The molecule has 2 aromatic rings. The fourth-order valence-corrected chi connectivity index (χ4v) is 2.89. The molecule has 4 heteroatoms. The number of nitrogen functional groups attached to an aromatic ring is 1. The lowest BCUT2D eigenvalue weighted by Gasteiger charge is -2.23. The van der Waals surface area contributed by atoms with Gasteiger partial charge in [0.15, 0.2) is 0 Å². The van der Waals surface area contributed by atoms with E-state index >= 15 is 0 Å². The van der Waals surface area contributed by atoms with Gasteiger partial charge in [0.2, 0.25) is 0 Å². The Bertz CT molecular complexity index is 654. The molecule has 4 nitrogen and oxygen atoms in total. The average molecular weight is 270 g/mol. The molecule has 0 aliphatic carbocycles. The zero-order chi connectivity index (χ0) is 14.1. The SMILES string of the molecule is Nc1cc2ccccc2cc1C(=O)N1CCC[C@H]1CO. The first-order valence-electron chi connectivity index (χ1n) is 6.91. The number of rotatable bonds is 2. The number of nitrogens with two attached hydrogens (primary N) is 1. The number of amides is 1. The molecule has 0 unspecified atom stereocenters. The summed E-state index contributed by atoms with van der Waals surface area (Å²) in [5.41, 5.74) is 7.06. The standard InChI is InChI=1S/C16H18N2O2/c17-15-9-12-5-2-1-4-11(12)8-14(15)16(20)18-7-3-6-13(18)10-19/h1-2,4-5,8-9,13,19H,3,6-7,10,17H2/t13-/m0/s1. The summed E-state index contributed by atoms with van der Waals surface area (Å²) in [4.78, 5) is 14.4. The minimum Gasteiger partial charge on any atom is -0.398 e. The van der Waals surface area contributed by atoms with Gasteiger partial charge < -0.3 is 15.7 Å². The predicted molar refractivity (Wildman–Crippen MR) is 79.5 cm³/mol. The largest absolute Gasteiger partial charge is 0.398 e. The van der Waals surface area contributed by atoms with E-state index in [-0.39, 0.29) is 18.6 Å². The molecule has 1 fully saturated rings. The van der Waals surface area contributed by atoms with Gasteiger partial charge in [0.25, 0.3) is 5.91 Å². The lowest BCUT2D eigenvalue weighted by Crippen LogP contribution is -2.37. The van der Waals surface area contributed by atoms with Crippen LogP contribution in [-0.2, 0) is 0 Å². The number of benzene rings is 2. The van der Waals surface area contributed by atoms with Gasteiger partial charge in [-0.15, -0.1) is 0 Å². The van der Waals surface area contributed by atoms with Crippen molar-refractivity contribution < 1.29 is 9.90 Å². The fraction of sp³-hybridized carbons (Fsp3) is 0.312. The number of carbonyl (C=O) groups excluding carboxylic acids is 1. The van der Waals surface area contributed by atoms with E-state index in [1.165, 1.54) is 0 Å². The van der Waals surface area contributed by atoms with Crippen LogP contribution in [0.4, 0.5) is 5.69 Å². The molecule has 20 heavy (non-hydrogen) atoms. The average Bonchev–Trinajstić information content (AvgIpc) is 2.94. The topological polar surface area (TPSA) is 66.6 Å². The third kappa shape index (κ3) is 2.12. The van der Waals surface area contributed by atoms with Crippen LogP contribution in [0.3, 0.4) is 0 Å². The third-order valence-electron chi connectivity index (χ3n) is 4.00. The van der Waals surface area contributed by atoms with Crippen molar-refractivity contribution in [2.75, 3.05) is 18.9 Å². The van der Waals surface area contributed by atoms with Crippen molar-refractivity contribution in [3.05, 3.63) is 42.0 Å². The van der Waals surface area contributed by atoms with E-state index in [1.807, 2.05) is 36.4 Å². The number of aliphatic hydroxyl groups excluding tert-OH is 1. The van der Waals surface area contributed by atoms with E-state index in [0.29, 0.717) is 17.8 Å². The van der Waals surface area contributed by atoms with E-state index in [9.17, 15) is 9.90 Å². The fourth-order valence-electron chi connectivity index (χ4n) is 2.89. The highest BCUT2D eigenvalue weighted by Crippen LogP contribution is 2.26. The number of hydrogen-bond acceptors (Lipinski definition) is 3. The molecule has 0 aromatic heterocycles. The summed E-state index contributed by atoms with van der Waals surface area (Å²) in [6, 6.07) is 11.5. The molecule has 2 aromatic carbocycles. The summed E-state index contributed by atoms with van der Waals surface area (Å²) in [6.07, 6.45) is 1.79. The molecule has 1 aliphatic rings. The van der Waals surface area contributed by atoms with Crippen molar-refractivity contribution in [2.24, 2.45) is 0 Å². The normalized spacial score (nSPS) is 18.6. The van der Waals surface area contributed by atoms with Crippen molar-refractivity contribution in [3.8, 4) is 0 Å². The molecule has 104 valence electrons. The maximum absolute atomic E-state index is 12.6. The van der Waals surface area contributed by atoms with E-state index in [1.54, 1.807) is 4.90 Å². The molecule has 0 spiro atoms. The van der Waals surface area contributed by atoms with Crippen molar-refractivity contribution in [3.63, 3.8) is 0 Å². The van der Waals surface area contributed by atoms with Crippen LogP contribution in [0.2, 0.25) is 0 Å². The summed E-state index contributed by atoms with van der Waals surface area (Å²) in [5, 5.41) is 11.4. The number of fused-ring (bicyclic) bond motifs is 1. The monoisotopic (exact) mass is 270 g/mol. The second-order valence-electron chi connectivity index (χ2n) is 5.26. The molecular weight excluding hydrogens is 252 g/mol. The Morgan fingerprint density at radius 1 is 1.30 bits per heavy atom. The second kappa shape index (κ2) is 5.13. The Balaban J connectivity index is 2.01. The Hall–Kier alpha value is -2.07. The van der Waals surface area contributed by atoms with Crippen molar-refractivity contribution in [1.82, 2.24) is 4.90 Å². The summed E-state index contributed by atoms with van der Waals surface area (Å²) >= 11 is 0. The van der Waals surface area contributed by atoms with Crippen molar-refractivity contribution in [2.45, 2.75) is 18.9 Å². The summed E-state index contributed by atoms with van der Waals surface area (Å²) < 4.78 is 0. The molecule has 3 N–H and O–H groups in total. The summed E-state index contributed by atoms with van der Waals surface area (Å²) in [5.74, 6) is -0.0789. The van der Waals surface area contributed by atoms with Crippen LogP contribution in [0.1, 0.15) is 23.2 Å². The first-order valence-corrected chi connectivity index (χ1v) is 6.91. The quantitative estimate of drug-likeness (QED) is 0.820. The van der Waals surface area contributed by atoms with Gasteiger partial charge in [-0.3, -0.25) is 4.79 Å². The Kier molecular flexibility index (Phi) is 3.32. The van der Waals surface area contributed by atoms with E-state index in [0.717, 1.165) is 23.6 Å². The highest BCUT2D eigenvalue weighted by atomic mass is 16.3. The molecule has 0 radical (unpaired) electrons. The molecule has 0 bridgehead atoms. The van der Waals surface area contributed by atoms with Gasteiger partial charge in [0, 0.05) is 12.2 Å². The van der Waals surface area contributed by atoms with Gasteiger partial charge in [0.1, 0.15) is 0 Å². The minimum atomic E-state index is -0.0789. The summed E-state index contributed by atoms with van der Waals surface area (Å²) in [7, 11) is 0. The third-order valence-corrected chi connectivity index (χ3v) is 4.00. The number of nitrogens with zero attached hydrogens (tertiary/aromatic N) is 1. The second-order valence-corrected chi connectivity index (χ2v) is 5.26. The molecule has 1 atom stereocenters. The first kappa shape index (κ1) is 12.9. The molecular formula is C16H18N2O2. The maximum atomic E-state index is 12.6. The van der Waals surface area contributed by atoms with Crippen LogP contribution in [0.15, 0.2) is 36.4 Å². The van der Waals surface area contributed by atoms with Gasteiger partial charge in [0.05, 0.1) is 18.2 Å². The molecule has 1 amide bonds. The number of likely N-dealkylation sites (tertiary alicyclic amines) is 1. The van der Waals surface area contributed by atoms with Crippen LogP contribution in [-0.4, -0.2) is 35.1 Å². The van der Waals surface area contributed by atoms with Crippen molar-refractivity contribution in [1.29, 1.82) is 0 Å². The zero-order valence-corrected chi connectivity index (χ0v) is 11.2. The summed E-state index contributed by atoms with van der Waals surface area (Å²) in [6.45, 7) is 0.704. The molecule has 1 saturated heterocycles. The van der Waals surface area contributed by atoms with Gasteiger partial charge in [-0.2, -0.15) is 0 Å². The van der Waals surface area contributed by atoms with E-state index in [4.69, 9.17) is 5.73 Å².